The summed E-state index contributed by atoms with van der Waals surface area (Å²) in [5.74, 6) is 0.0565. The SMILES string of the molecule is FC1(F)Oc2ccc(NCc3cnn(Cc4ccccc4)c3)cc2O1. The first-order valence-corrected chi connectivity index (χ1v) is 7.76. The molecule has 7 heteroatoms. The summed E-state index contributed by atoms with van der Waals surface area (Å²) in [5, 5.41) is 7.49. The van der Waals surface area contributed by atoms with Crippen molar-refractivity contribution in [3.8, 4) is 11.5 Å². The maximum atomic E-state index is 13.0. The lowest BCUT2D eigenvalue weighted by molar-refractivity contribution is -0.286. The van der Waals surface area contributed by atoms with Gasteiger partial charge in [0.15, 0.2) is 11.5 Å². The highest BCUT2D eigenvalue weighted by Crippen LogP contribution is 2.42. The van der Waals surface area contributed by atoms with Crippen LogP contribution < -0.4 is 14.8 Å². The van der Waals surface area contributed by atoms with Gasteiger partial charge in [-0.2, -0.15) is 5.10 Å². The minimum Gasteiger partial charge on any atom is -0.395 e. The Labute approximate surface area is 142 Å². The van der Waals surface area contributed by atoms with Crippen molar-refractivity contribution < 1.29 is 18.3 Å². The van der Waals surface area contributed by atoms with E-state index in [2.05, 4.69) is 19.9 Å². The van der Waals surface area contributed by atoms with Crippen LogP contribution in [0.25, 0.3) is 0 Å². The molecule has 0 saturated heterocycles. The molecule has 0 radical (unpaired) electrons. The predicted molar refractivity (Wildman–Crippen MR) is 87.7 cm³/mol. The molecule has 0 spiro atoms. The third kappa shape index (κ3) is 3.55. The summed E-state index contributed by atoms with van der Waals surface area (Å²) in [6.07, 6.45) is 0.123. The van der Waals surface area contributed by atoms with Crippen LogP contribution in [0.1, 0.15) is 11.1 Å². The van der Waals surface area contributed by atoms with E-state index in [9.17, 15) is 8.78 Å². The zero-order valence-corrected chi connectivity index (χ0v) is 13.2. The van der Waals surface area contributed by atoms with Crippen LogP contribution in [0, 0.1) is 0 Å². The van der Waals surface area contributed by atoms with Gasteiger partial charge in [-0.1, -0.05) is 30.3 Å². The van der Waals surface area contributed by atoms with Crippen LogP contribution >= 0.6 is 0 Å². The largest absolute Gasteiger partial charge is 0.586 e. The van der Waals surface area contributed by atoms with Crippen molar-refractivity contribution >= 4 is 5.69 Å². The summed E-state index contributed by atoms with van der Waals surface area (Å²) in [4.78, 5) is 0. The molecule has 4 rings (SSSR count). The number of hydrogen-bond acceptors (Lipinski definition) is 4. The van der Waals surface area contributed by atoms with Crippen molar-refractivity contribution in [2.75, 3.05) is 5.32 Å². The van der Waals surface area contributed by atoms with Gasteiger partial charge in [-0.05, 0) is 17.7 Å². The number of nitrogens with one attached hydrogen (secondary N) is 1. The highest BCUT2D eigenvalue weighted by molar-refractivity contribution is 5.56. The fourth-order valence-electron chi connectivity index (χ4n) is 2.62. The van der Waals surface area contributed by atoms with Gasteiger partial charge in [0.2, 0.25) is 0 Å². The average Bonchev–Trinajstić information content (AvgIpc) is 3.15. The third-order valence-corrected chi connectivity index (χ3v) is 3.77. The molecular formula is C18H15F2N3O2. The minimum absolute atomic E-state index is 0.0229. The van der Waals surface area contributed by atoms with Crippen molar-refractivity contribution in [3.05, 3.63) is 72.1 Å². The second-order valence-electron chi connectivity index (χ2n) is 5.71. The summed E-state index contributed by atoms with van der Waals surface area (Å²) < 4.78 is 36.7. The Morgan fingerprint density at radius 1 is 1.00 bits per heavy atom. The molecule has 1 aliphatic rings. The zero-order valence-electron chi connectivity index (χ0n) is 13.2. The lowest BCUT2D eigenvalue weighted by Crippen LogP contribution is -2.25. The number of alkyl halides is 2. The van der Waals surface area contributed by atoms with E-state index in [0.717, 1.165) is 5.56 Å². The Kier molecular flexibility index (Phi) is 3.76. The lowest BCUT2D eigenvalue weighted by atomic mass is 10.2. The van der Waals surface area contributed by atoms with Gasteiger partial charge in [0, 0.05) is 30.1 Å². The lowest BCUT2D eigenvalue weighted by Gasteiger charge is -2.06. The maximum absolute atomic E-state index is 13.0. The molecule has 1 N–H and O–H groups in total. The summed E-state index contributed by atoms with van der Waals surface area (Å²) in [6.45, 7) is 1.21. The monoisotopic (exact) mass is 343 g/mol. The van der Waals surface area contributed by atoms with Crippen LogP contribution in [-0.2, 0) is 13.1 Å². The Morgan fingerprint density at radius 3 is 2.64 bits per heavy atom. The molecule has 0 fully saturated rings. The normalized spacial score (nSPS) is 14.5. The van der Waals surface area contributed by atoms with Crippen LogP contribution in [0.2, 0.25) is 0 Å². The number of nitrogens with zero attached hydrogens (tertiary/aromatic N) is 2. The number of ether oxygens (including phenoxy) is 2. The van der Waals surface area contributed by atoms with E-state index in [0.29, 0.717) is 18.8 Å². The molecule has 0 atom stereocenters. The molecule has 1 aromatic heterocycles. The van der Waals surface area contributed by atoms with Crippen molar-refractivity contribution in [1.82, 2.24) is 9.78 Å². The molecule has 2 aromatic carbocycles. The fraction of sp³-hybridized carbons (Fsp3) is 0.167. The highest BCUT2D eigenvalue weighted by Gasteiger charge is 2.43. The van der Waals surface area contributed by atoms with E-state index in [1.807, 2.05) is 41.2 Å². The molecule has 3 aromatic rings. The number of aromatic nitrogens is 2. The van der Waals surface area contributed by atoms with Gasteiger partial charge in [-0.25, -0.2) is 0 Å². The van der Waals surface area contributed by atoms with Crippen LogP contribution in [0.15, 0.2) is 60.9 Å². The number of halogens is 2. The van der Waals surface area contributed by atoms with Gasteiger partial charge in [0.25, 0.3) is 0 Å². The standard InChI is InChI=1S/C18H15F2N3O2/c19-18(20)24-16-7-6-15(8-17(16)25-18)21-9-14-10-22-23(12-14)11-13-4-2-1-3-5-13/h1-8,10,12,21H,9,11H2. The second-order valence-corrected chi connectivity index (χ2v) is 5.71. The third-order valence-electron chi connectivity index (χ3n) is 3.77. The van der Waals surface area contributed by atoms with Gasteiger partial charge in [0.1, 0.15) is 0 Å². The van der Waals surface area contributed by atoms with E-state index in [-0.39, 0.29) is 11.5 Å². The van der Waals surface area contributed by atoms with Crippen LogP contribution in [0.3, 0.4) is 0 Å². The van der Waals surface area contributed by atoms with Crippen molar-refractivity contribution in [1.29, 1.82) is 0 Å². The molecule has 1 aliphatic heterocycles. The quantitative estimate of drug-likeness (QED) is 0.764. The van der Waals surface area contributed by atoms with E-state index in [1.165, 1.54) is 17.7 Å². The number of fused-ring (bicyclic) bond motifs is 1. The summed E-state index contributed by atoms with van der Waals surface area (Å²) in [5.41, 5.74) is 2.82. The summed E-state index contributed by atoms with van der Waals surface area (Å²) >= 11 is 0. The maximum Gasteiger partial charge on any atom is 0.586 e. The van der Waals surface area contributed by atoms with Crippen LogP contribution in [0.5, 0.6) is 11.5 Å². The van der Waals surface area contributed by atoms with Gasteiger partial charge in [-0.3, -0.25) is 4.68 Å². The Hall–Kier alpha value is -3.09. The fourth-order valence-corrected chi connectivity index (χ4v) is 2.62. The molecule has 0 unspecified atom stereocenters. The van der Waals surface area contributed by atoms with Crippen LogP contribution in [-0.4, -0.2) is 16.1 Å². The number of benzene rings is 2. The molecule has 0 amide bonds. The molecule has 2 heterocycles. The number of anilines is 1. The number of hydrogen-bond donors (Lipinski definition) is 1. The average molecular weight is 343 g/mol. The molecule has 0 saturated carbocycles. The van der Waals surface area contributed by atoms with Gasteiger partial charge in [-0.15, -0.1) is 8.78 Å². The molecule has 0 aliphatic carbocycles. The van der Waals surface area contributed by atoms with E-state index in [1.54, 1.807) is 12.3 Å². The van der Waals surface area contributed by atoms with E-state index >= 15 is 0 Å². The first kappa shape index (κ1) is 15.4. The molecule has 5 nitrogen and oxygen atoms in total. The molecule has 25 heavy (non-hydrogen) atoms. The summed E-state index contributed by atoms with van der Waals surface area (Å²) in [7, 11) is 0. The van der Waals surface area contributed by atoms with Crippen LogP contribution in [0.4, 0.5) is 14.5 Å². The number of rotatable bonds is 5. The van der Waals surface area contributed by atoms with Gasteiger partial charge < -0.3 is 14.8 Å². The first-order chi connectivity index (χ1) is 12.1. The Morgan fingerprint density at radius 2 is 1.80 bits per heavy atom. The first-order valence-electron chi connectivity index (χ1n) is 7.76. The zero-order chi connectivity index (χ0) is 17.3. The van der Waals surface area contributed by atoms with Crippen molar-refractivity contribution in [2.24, 2.45) is 0 Å². The summed E-state index contributed by atoms with van der Waals surface area (Å²) in [6, 6.07) is 14.7. The Bertz CT molecular complexity index is 881. The molecule has 128 valence electrons. The predicted octanol–water partition coefficient (Wildman–Crippen LogP) is 3.87. The smallest absolute Gasteiger partial charge is 0.395 e. The van der Waals surface area contributed by atoms with Gasteiger partial charge in [0.05, 0.1) is 12.7 Å². The van der Waals surface area contributed by atoms with E-state index in [4.69, 9.17) is 0 Å². The van der Waals surface area contributed by atoms with Crippen molar-refractivity contribution in [3.63, 3.8) is 0 Å². The minimum atomic E-state index is -3.60. The topological polar surface area (TPSA) is 48.3 Å². The Balaban J connectivity index is 1.38. The van der Waals surface area contributed by atoms with Gasteiger partial charge >= 0.3 is 6.29 Å². The molecular weight excluding hydrogens is 328 g/mol. The van der Waals surface area contributed by atoms with Crippen molar-refractivity contribution in [2.45, 2.75) is 19.4 Å². The molecule has 0 bridgehead atoms. The second kappa shape index (κ2) is 6.08. The highest BCUT2D eigenvalue weighted by atomic mass is 19.3. The van der Waals surface area contributed by atoms with E-state index < -0.39 is 6.29 Å².